The molecule has 0 aliphatic rings. The molecule has 1 aromatic rings. The minimum absolute atomic E-state index is 0.00387. The maximum absolute atomic E-state index is 13.3. The lowest BCUT2D eigenvalue weighted by Crippen LogP contribution is -2.19. The molecule has 5 heteroatoms. The quantitative estimate of drug-likeness (QED) is 0.841. The standard InChI is InChI=1S/C16H20FNO2S/c1-16(2,3)21-11-15(20)18-14-8-7-13(17)10-12(14)6-4-5-9-19/h7-8,10,19H,5,9,11H2,1-3H3,(H,18,20). The summed E-state index contributed by atoms with van der Waals surface area (Å²) in [4.78, 5) is 11.9. The molecule has 0 fully saturated rings. The number of benzene rings is 1. The number of halogens is 1. The molecular formula is C16H20FNO2S. The van der Waals surface area contributed by atoms with E-state index < -0.39 is 5.82 Å². The van der Waals surface area contributed by atoms with E-state index in [1.165, 1.54) is 30.0 Å². The fourth-order valence-corrected chi connectivity index (χ4v) is 2.05. The number of hydrogen-bond acceptors (Lipinski definition) is 3. The molecule has 1 amide bonds. The van der Waals surface area contributed by atoms with Crippen molar-refractivity contribution in [3.05, 3.63) is 29.6 Å². The van der Waals surface area contributed by atoms with Crippen LogP contribution in [0.2, 0.25) is 0 Å². The van der Waals surface area contributed by atoms with Gasteiger partial charge in [-0.25, -0.2) is 4.39 Å². The van der Waals surface area contributed by atoms with Crippen molar-refractivity contribution in [3.63, 3.8) is 0 Å². The third-order valence-corrected chi connectivity index (χ3v) is 3.62. The Balaban J connectivity index is 2.78. The third-order valence-electron chi connectivity index (χ3n) is 2.35. The number of hydrogen-bond donors (Lipinski definition) is 2. The maximum atomic E-state index is 13.3. The van der Waals surface area contributed by atoms with E-state index in [1.54, 1.807) is 0 Å². The van der Waals surface area contributed by atoms with Gasteiger partial charge in [0.25, 0.3) is 0 Å². The van der Waals surface area contributed by atoms with E-state index in [9.17, 15) is 9.18 Å². The Kier molecular flexibility index (Phi) is 6.73. The molecule has 0 atom stereocenters. The fourth-order valence-electron chi connectivity index (χ4n) is 1.41. The zero-order valence-corrected chi connectivity index (χ0v) is 13.3. The Bertz CT molecular complexity index is 556. The number of carbonyl (C=O) groups excluding carboxylic acids is 1. The second kappa shape index (κ2) is 8.06. The summed E-state index contributed by atoms with van der Waals surface area (Å²) in [6.07, 6.45) is 0.309. The van der Waals surface area contributed by atoms with E-state index in [4.69, 9.17) is 5.11 Å². The van der Waals surface area contributed by atoms with Crippen LogP contribution in [0.1, 0.15) is 32.8 Å². The van der Waals surface area contributed by atoms with E-state index in [1.807, 2.05) is 20.8 Å². The van der Waals surface area contributed by atoms with Gasteiger partial charge in [0.05, 0.1) is 23.6 Å². The summed E-state index contributed by atoms with van der Waals surface area (Å²) in [7, 11) is 0. The first kappa shape index (κ1) is 17.5. The van der Waals surface area contributed by atoms with Crippen molar-refractivity contribution < 1.29 is 14.3 Å². The highest BCUT2D eigenvalue weighted by Gasteiger charge is 2.14. The van der Waals surface area contributed by atoms with Crippen LogP contribution in [0.4, 0.5) is 10.1 Å². The van der Waals surface area contributed by atoms with Crippen molar-refractivity contribution in [3.8, 4) is 11.8 Å². The van der Waals surface area contributed by atoms with Crippen LogP contribution in [-0.4, -0.2) is 28.1 Å². The van der Waals surface area contributed by atoms with Gasteiger partial charge in [0, 0.05) is 11.2 Å². The highest BCUT2D eigenvalue weighted by atomic mass is 32.2. The number of aliphatic hydroxyl groups is 1. The zero-order chi connectivity index (χ0) is 15.9. The summed E-state index contributed by atoms with van der Waals surface area (Å²) in [6, 6.07) is 4.05. The van der Waals surface area contributed by atoms with E-state index >= 15 is 0 Å². The van der Waals surface area contributed by atoms with E-state index in [2.05, 4.69) is 17.2 Å². The van der Waals surface area contributed by atoms with Gasteiger partial charge in [0.1, 0.15) is 5.82 Å². The molecule has 0 aliphatic heterocycles. The van der Waals surface area contributed by atoms with Crippen LogP contribution < -0.4 is 5.32 Å². The van der Waals surface area contributed by atoms with Gasteiger partial charge < -0.3 is 10.4 Å². The third kappa shape index (κ3) is 7.16. The minimum atomic E-state index is -0.412. The Hall–Kier alpha value is -1.51. The maximum Gasteiger partial charge on any atom is 0.234 e. The fraction of sp³-hybridized carbons (Fsp3) is 0.438. The highest BCUT2D eigenvalue weighted by molar-refractivity contribution is 8.01. The van der Waals surface area contributed by atoms with Gasteiger partial charge in [-0.1, -0.05) is 32.6 Å². The SMILES string of the molecule is CC(C)(C)SCC(=O)Nc1ccc(F)cc1C#CCCO. The van der Waals surface area contributed by atoms with Gasteiger partial charge in [0.2, 0.25) is 5.91 Å². The normalized spacial score (nSPS) is 10.7. The minimum Gasteiger partial charge on any atom is -0.395 e. The average Bonchev–Trinajstić information content (AvgIpc) is 2.39. The first-order chi connectivity index (χ1) is 9.81. The van der Waals surface area contributed by atoms with Gasteiger partial charge in [0.15, 0.2) is 0 Å². The number of amides is 1. The first-order valence-corrected chi connectivity index (χ1v) is 7.63. The number of carbonyl (C=O) groups is 1. The number of rotatable bonds is 4. The highest BCUT2D eigenvalue weighted by Crippen LogP contribution is 2.23. The van der Waals surface area contributed by atoms with Crippen molar-refractivity contribution in [2.75, 3.05) is 17.7 Å². The van der Waals surface area contributed by atoms with Crippen LogP contribution in [0.15, 0.2) is 18.2 Å². The number of thioether (sulfide) groups is 1. The second-order valence-electron chi connectivity index (χ2n) is 5.41. The molecule has 1 aromatic carbocycles. The van der Waals surface area contributed by atoms with Crippen LogP contribution in [0.25, 0.3) is 0 Å². The van der Waals surface area contributed by atoms with Crippen LogP contribution in [0.3, 0.4) is 0 Å². The van der Waals surface area contributed by atoms with E-state index in [-0.39, 0.29) is 17.3 Å². The topological polar surface area (TPSA) is 49.3 Å². The molecule has 114 valence electrons. The molecule has 0 spiro atoms. The summed E-state index contributed by atoms with van der Waals surface area (Å²) in [5, 5.41) is 11.5. The Morgan fingerprint density at radius 2 is 2.14 bits per heavy atom. The molecule has 2 N–H and O–H groups in total. The summed E-state index contributed by atoms with van der Waals surface area (Å²) in [5.41, 5.74) is 0.902. The van der Waals surface area contributed by atoms with E-state index in [0.717, 1.165) is 0 Å². The molecule has 0 saturated heterocycles. The molecule has 0 heterocycles. The molecule has 0 aliphatic carbocycles. The Labute approximate surface area is 129 Å². The van der Waals surface area contributed by atoms with Gasteiger partial charge in [-0.3, -0.25) is 4.79 Å². The van der Waals surface area contributed by atoms with Gasteiger partial charge >= 0.3 is 0 Å². The van der Waals surface area contributed by atoms with Crippen LogP contribution in [0, 0.1) is 17.7 Å². The molecule has 3 nitrogen and oxygen atoms in total. The molecule has 1 rings (SSSR count). The van der Waals surface area contributed by atoms with Gasteiger partial charge in [-0.2, -0.15) is 0 Å². The Morgan fingerprint density at radius 3 is 2.76 bits per heavy atom. The molecule has 0 unspecified atom stereocenters. The lowest BCUT2D eigenvalue weighted by molar-refractivity contribution is -0.113. The second-order valence-corrected chi connectivity index (χ2v) is 7.22. The summed E-state index contributed by atoms with van der Waals surface area (Å²) in [5.74, 6) is 5.25. The largest absolute Gasteiger partial charge is 0.395 e. The van der Waals surface area contributed by atoms with Gasteiger partial charge in [-0.15, -0.1) is 11.8 Å². The lowest BCUT2D eigenvalue weighted by Gasteiger charge is -2.17. The number of aliphatic hydroxyl groups excluding tert-OH is 1. The van der Waals surface area contributed by atoms with Crippen molar-refractivity contribution in [1.29, 1.82) is 0 Å². The molecule has 21 heavy (non-hydrogen) atoms. The van der Waals surface area contributed by atoms with Gasteiger partial charge in [-0.05, 0) is 18.2 Å². The molecular weight excluding hydrogens is 289 g/mol. The molecule has 0 aromatic heterocycles. The monoisotopic (exact) mass is 309 g/mol. The summed E-state index contributed by atoms with van der Waals surface area (Å²) in [6.45, 7) is 6.06. The van der Waals surface area contributed by atoms with Crippen molar-refractivity contribution in [2.45, 2.75) is 31.9 Å². The lowest BCUT2D eigenvalue weighted by atomic mass is 10.1. The molecule has 0 bridgehead atoms. The van der Waals surface area contributed by atoms with E-state index in [0.29, 0.717) is 23.4 Å². The number of anilines is 1. The smallest absolute Gasteiger partial charge is 0.234 e. The van der Waals surface area contributed by atoms with Crippen molar-refractivity contribution in [2.24, 2.45) is 0 Å². The summed E-state index contributed by atoms with van der Waals surface area (Å²) >= 11 is 1.54. The average molecular weight is 309 g/mol. The predicted molar refractivity (Wildman–Crippen MR) is 85.8 cm³/mol. The van der Waals surface area contributed by atoms with Crippen molar-refractivity contribution >= 4 is 23.4 Å². The van der Waals surface area contributed by atoms with Crippen LogP contribution in [-0.2, 0) is 4.79 Å². The van der Waals surface area contributed by atoms with Crippen LogP contribution >= 0.6 is 11.8 Å². The Morgan fingerprint density at radius 1 is 1.43 bits per heavy atom. The number of nitrogens with one attached hydrogen (secondary N) is 1. The first-order valence-electron chi connectivity index (χ1n) is 6.65. The predicted octanol–water partition coefficient (Wildman–Crippen LogP) is 3.03. The van der Waals surface area contributed by atoms with Crippen LogP contribution in [0.5, 0.6) is 0 Å². The van der Waals surface area contributed by atoms with Crippen molar-refractivity contribution in [1.82, 2.24) is 0 Å². The molecule has 0 radical (unpaired) electrons. The molecule has 0 saturated carbocycles. The zero-order valence-electron chi connectivity index (χ0n) is 12.5. The summed E-state index contributed by atoms with van der Waals surface area (Å²) < 4.78 is 13.3.